The molecule has 1 aliphatic heterocycles. The van der Waals surface area contributed by atoms with E-state index < -0.39 is 14.9 Å². The number of nitro groups is 1. The molecule has 162 valence electrons. The van der Waals surface area contributed by atoms with Gasteiger partial charge < -0.3 is 10.1 Å². The number of benzene rings is 1. The molecule has 12 heteroatoms. The topological polar surface area (TPSA) is 132 Å². The smallest absolute Gasteiger partial charge is 0.293 e. The van der Waals surface area contributed by atoms with Crippen LogP contribution in [0.15, 0.2) is 59.9 Å². The average molecular weight is 444 g/mol. The van der Waals surface area contributed by atoms with Gasteiger partial charge in [-0.3, -0.25) is 10.1 Å². The molecule has 0 amide bonds. The summed E-state index contributed by atoms with van der Waals surface area (Å²) in [5.41, 5.74) is 0.749. The van der Waals surface area contributed by atoms with Crippen molar-refractivity contribution in [3.8, 4) is 5.82 Å². The molecule has 0 spiro atoms. The third-order valence-corrected chi connectivity index (χ3v) is 6.70. The number of ether oxygens (including phenoxy) is 1. The van der Waals surface area contributed by atoms with Crippen LogP contribution in [0.3, 0.4) is 0 Å². The molecule has 1 aromatic carbocycles. The van der Waals surface area contributed by atoms with Crippen molar-refractivity contribution in [2.24, 2.45) is 0 Å². The molecule has 1 fully saturated rings. The van der Waals surface area contributed by atoms with Gasteiger partial charge in [-0.05, 0) is 35.9 Å². The molecular weight excluding hydrogens is 424 g/mol. The number of anilines is 1. The zero-order chi connectivity index (χ0) is 21.8. The van der Waals surface area contributed by atoms with E-state index in [0.29, 0.717) is 19.0 Å². The highest BCUT2D eigenvalue weighted by Gasteiger charge is 2.28. The maximum absolute atomic E-state index is 12.8. The maximum atomic E-state index is 12.8. The first-order valence-electron chi connectivity index (χ1n) is 9.50. The van der Waals surface area contributed by atoms with Crippen LogP contribution >= 0.6 is 0 Å². The lowest BCUT2D eigenvalue weighted by Crippen LogP contribution is -2.40. The fourth-order valence-corrected chi connectivity index (χ4v) is 4.63. The average Bonchev–Trinajstić information content (AvgIpc) is 3.33. The summed E-state index contributed by atoms with van der Waals surface area (Å²) in [6.07, 6.45) is 5.03. The molecule has 1 saturated heterocycles. The van der Waals surface area contributed by atoms with Gasteiger partial charge >= 0.3 is 0 Å². The highest BCUT2D eigenvalue weighted by Crippen LogP contribution is 2.29. The highest BCUT2D eigenvalue weighted by molar-refractivity contribution is 7.89. The van der Waals surface area contributed by atoms with Crippen molar-refractivity contribution in [3.63, 3.8) is 0 Å². The van der Waals surface area contributed by atoms with Crippen molar-refractivity contribution in [1.29, 1.82) is 0 Å². The van der Waals surface area contributed by atoms with Gasteiger partial charge in [0.15, 0.2) is 5.82 Å². The molecular formula is C19H20N6O5S. The van der Waals surface area contributed by atoms with Crippen molar-refractivity contribution >= 4 is 21.4 Å². The SMILES string of the molecule is O=[N+]([O-])c1cc(S(=O)(=O)N2CCOCC2)ccc1NCc1ccnc(-n2cccn2)c1. The summed E-state index contributed by atoms with van der Waals surface area (Å²) in [6.45, 7) is 1.32. The molecule has 1 N–H and O–H groups in total. The minimum absolute atomic E-state index is 0.114. The number of aromatic nitrogens is 3. The van der Waals surface area contributed by atoms with Crippen molar-refractivity contribution in [3.05, 3.63) is 70.7 Å². The van der Waals surface area contributed by atoms with Crippen molar-refractivity contribution in [1.82, 2.24) is 19.1 Å². The van der Waals surface area contributed by atoms with Gasteiger partial charge in [-0.25, -0.2) is 18.1 Å². The van der Waals surface area contributed by atoms with Crippen LogP contribution in [0.2, 0.25) is 0 Å². The van der Waals surface area contributed by atoms with Gasteiger partial charge in [0.25, 0.3) is 5.69 Å². The number of nitro benzene ring substituents is 1. The number of rotatable bonds is 7. The first kappa shape index (κ1) is 20.9. The summed E-state index contributed by atoms with van der Waals surface area (Å²) in [5, 5.41) is 18.8. The predicted octanol–water partition coefficient (Wildman–Crippen LogP) is 1.81. The van der Waals surface area contributed by atoms with Crippen LogP contribution in [-0.4, -0.2) is 58.7 Å². The van der Waals surface area contributed by atoms with Crippen LogP contribution in [0.25, 0.3) is 5.82 Å². The van der Waals surface area contributed by atoms with Crippen molar-refractivity contribution < 1.29 is 18.1 Å². The normalized spacial score (nSPS) is 15.0. The van der Waals surface area contributed by atoms with E-state index in [2.05, 4.69) is 15.4 Å². The van der Waals surface area contributed by atoms with E-state index >= 15 is 0 Å². The van der Waals surface area contributed by atoms with E-state index in [9.17, 15) is 18.5 Å². The third kappa shape index (κ3) is 4.55. The summed E-state index contributed by atoms with van der Waals surface area (Å²) in [7, 11) is -3.83. The molecule has 0 radical (unpaired) electrons. The molecule has 0 bridgehead atoms. The Morgan fingerprint density at radius 3 is 2.68 bits per heavy atom. The quantitative estimate of drug-likeness (QED) is 0.431. The summed E-state index contributed by atoms with van der Waals surface area (Å²) < 4.78 is 33.7. The fraction of sp³-hybridized carbons (Fsp3) is 0.263. The minimum atomic E-state index is -3.83. The maximum Gasteiger partial charge on any atom is 0.293 e. The Morgan fingerprint density at radius 2 is 1.97 bits per heavy atom. The molecule has 0 unspecified atom stereocenters. The second kappa shape index (κ2) is 8.79. The number of hydrogen-bond donors (Lipinski definition) is 1. The number of morpholine rings is 1. The lowest BCUT2D eigenvalue weighted by Gasteiger charge is -2.26. The molecule has 3 heterocycles. The minimum Gasteiger partial charge on any atom is -0.379 e. The summed E-state index contributed by atoms with van der Waals surface area (Å²) in [4.78, 5) is 15.2. The number of sulfonamides is 1. The van der Waals surface area contributed by atoms with Crippen LogP contribution in [0.5, 0.6) is 0 Å². The molecule has 1 aliphatic rings. The molecule has 0 aliphatic carbocycles. The van der Waals surface area contributed by atoms with Crippen molar-refractivity contribution in [2.45, 2.75) is 11.4 Å². The molecule has 4 rings (SSSR count). The van der Waals surface area contributed by atoms with E-state index in [1.165, 1.54) is 16.4 Å². The van der Waals surface area contributed by atoms with E-state index in [0.717, 1.165) is 11.6 Å². The Hall–Kier alpha value is -3.35. The third-order valence-electron chi connectivity index (χ3n) is 4.81. The monoisotopic (exact) mass is 444 g/mol. The predicted molar refractivity (Wildman–Crippen MR) is 111 cm³/mol. The van der Waals surface area contributed by atoms with E-state index in [1.54, 1.807) is 35.4 Å². The van der Waals surface area contributed by atoms with Gasteiger partial charge in [-0.2, -0.15) is 9.40 Å². The Kier molecular flexibility index (Phi) is 5.93. The van der Waals surface area contributed by atoms with Crippen LogP contribution in [-0.2, 0) is 21.3 Å². The number of pyridine rings is 1. The fourth-order valence-electron chi connectivity index (χ4n) is 3.21. The number of nitrogens with zero attached hydrogens (tertiary/aromatic N) is 5. The van der Waals surface area contributed by atoms with E-state index in [1.807, 2.05) is 6.07 Å². The second-order valence-electron chi connectivity index (χ2n) is 6.78. The lowest BCUT2D eigenvalue weighted by molar-refractivity contribution is -0.384. The summed E-state index contributed by atoms with van der Waals surface area (Å²) >= 11 is 0. The van der Waals surface area contributed by atoms with Crippen LogP contribution in [0, 0.1) is 10.1 Å². The second-order valence-corrected chi connectivity index (χ2v) is 8.72. The van der Waals surface area contributed by atoms with Crippen LogP contribution in [0.4, 0.5) is 11.4 Å². The van der Waals surface area contributed by atoms with Gasteiger partial charge in [-0.1, -0.05) is 0 Å². The van der Waals surface area contributed by atoms with Gasteiger partial charge in [0, 0.05) is 44.3 Å². The highest BCUT2D eigenvalue weighted by atomic mass is 32.2. The summed E-state index contributed by atoms with van der Waals surface area (Å²) in [5.74, 6) is 0.616. The van der Waals surface area contributed by atoms with Crippen molar-refractivity contribution in [2.75, 3.05) is 31.6 Å². The van der Waals surface area contributed by atoms with E-state index in [4.69, 9.17) is 4.74 Å². The van der Waals surface area contributed by atoms with Gasteiger partial charge in [-0.15, -0.1) is 0 Å². The standard InChI is InChI=1S/C19H20N6O5S/c26-25(27)18-13-16(31(28,29)23-8-10-30-11-9-23)2-3-17(18)21-14-15-4-6-20-19(12-15)24-7-1-5-22-24/h1-7,12-13,21H,8-11,14H2. The zero-order valence-electron chi connectivity index (χ0n) is 16.4. The molecule has 31 heavy (non-hydrogen) atoms. The Morgan fingerprint density at radius 1 is 1.16 bits per heavy atom. The molecule has 0 saturated carbocycles. The molecule has 11 nitrogen and oxygen atoms in total. The van der Waals surface area contributed by atoms with Gasteiger partial charge in [0.05, 0.1) is 23.0 Å². The van der Waals surface area contributed by atoms with Gasteiger partial charge in [0.2, 0.25) is 10.0 Å². The molecule has 2 aromatic heterocycles. The largest absolute Gasteiger partial charge is 0.379 e. The zero-order valence-corrected chi connectivity index (χ0v) is 17.2. The Balaban J connectivity index is 1.55. The summed E-state index contributed by atoms with van der Waals surface area (Å²) in [6, 6.07) is 9.26. The molecule has 0 atom stereocenters. The van der Waals surface area contributed by atoms with Gasteiger partial charge in [0.1, 0.15) is 5.69 Å². The number of nitrogens with one attached hydrogen (secondary N) is 1. The van der Waals surface area contributed by atoms with Crippen LogP contribution in [0.1, 0.15) is 5.56 Å². The van der Waals surface area contributed by atoms with Crippen LogP contribution < -0.4 is 5.32 Å². The first-order valence-corrected chi connectivity index (χ1v) is 10.9. The molecule has 3 aromatic rings. The van der Waals surface area contributed by atoms with E-state index in [-0.39, 0.29) is 35.9 Å². The lowest BCUT2D eigenvalue weighted by atomic mass is 10.2. The Bertz CT molecular complexity index is 1180. The first-order chi connectivity index (χ1) is 14.9. The number of hydrogen-bond acceptors (Lipinski definition) is 8. The Labute approximate surface area is 178 Å².